The Morgan fingerprint density at radius 2 is 1.44 bits per heavy atom. The molecule has 1 heterocycles. The minimum atomic E-state index is -1.49. The summed E-state index contributed by atoms with van der Waals surface area (Å²) >= 11 is 0. The van der Waals surface area contributed by atoms with Crippen LogP contribution in [0.4, 0.5) is 0 Å². The van der Waals surface area contributed by atoms with Gasteiger partial charge in [0.15, 0.2) is 0 Å². The van der Waals surface area contributed by atoms with Crippen molar-refractivity contribution in [1.82, 2.24) is 0 Å². The molecule has 140 valence electrons. The fraction of sp³-hybridized carbons (Fsp3) is 0.280. The van der Waals surface area contributed by atoms with Gasteiger partial charge in [0.1, 0.15) is 0 Å². The second kappa shape index (κ2) is 7.61. The van der Waals surface area contributed by atoms with Crippen molar-refractivity contribution in [3.8, 4) is 0 Å². The second-order valence-electron chi connectivity index (χ2n) is 9.44. The van der Waals surface area contributed by atoms with Crippen molar-refractivity contribution in [2.45, 2.75) is 45.7 Å². The largest absolute Gasteiger partial charge is 0.0915 e. The first-order chi connectivity index (χ1) is 12.7. The van der Waals surface area contributed by atoms with Crippen LogP contribution in [0.3, 0.4) is 0 Å². The third-order valence-electron chi connectivity index (χ3n) is 5.19. The summed E-state index contributed by atoms with van der Waals surface area (Å²) in [6, 6.07) is 23.2. The van der Waals surface area contributed by atoms with Gasteiger partial charge in [0.25, 0.3) is 0 Å². The molecule has 0 fully saturated rings. The number of hydrogen-bond acceptors (Lipinski definition) is 0. The zero-order valence-electron chi connectivity index (χ0n) is 17.6. The Morgan fingerprint density at radius 3 is 2.00 bits per heavy atom. The van der Waals surface area contributed by atoms with E-state index in [0.29, 0.717) is 0 Å². The Balaban J connectivity index is 2.21. The summed E-state index contributed by atoms with van der Waals surface area (Å²) in [5, 5.41) is 1.59. The summed E-state index contributed by atoms with van der Waals surface area (Å²) in [4.78, 5) is 0. The number of benzene rings is 2. The molecular formula is C25H32Si2. The van der Waals surface area contributed by atoms with Gasteiger partial charge in [0.05, 0.1) is 16.1 Å². The van der Waals surface area contributed by atoms with E-state index in [1.54, 1.807) is 5.20 Å². The van der Waals surface area contributed by atoms with Gasteiger partial charge in [-0.3, -0.25) is 0 Å². The quantitative estimate of drug-likeness (QED) is 0.473. The van der Waals surface area contributed by atoms with Gasteiger partial charge < -0.3 is 0 Å². The minimum absolute atomic E-state index is 1.22. The molecule has 0 aromatic heterocycles. The van der Waals surface area contributed by atoms with E-state index in [1.807, 2.05) is 0 Å². The predicted octanol–water partition coefficient (Wildman–Crippen LogP) is 7.61. The third kappa shape index (κ3) is 4.69. The van der Waals surface area contributed by atoms with Gasteiger partial charge in [-0.05, 0) is 35.2 Å². The normalized spacial score (nSPS) is 19.0. The fourth-order valence-electron chi connectivity index (χ4n) is 4.24. The summed E-state index contributed by atoms with van der Waals surface area (Å²) in [6.45, 7) is 14.6. The Bertz CT molecular complexity index is 892. The molecule has 2 aromatic rings. The first-order valence-electron chi connectivity index (χ1n) is 9.93. The van der Waals surface area contributed by atoms with Gasteiger partial charge in [-0.1, -0.05) is 116 Å². The molecule has 0 bridgehead atoms. The van der Waals surface area contributed by atoms with Crippen LogP contribution in [0, 0.1) is 0 Å². The molecule has 0 N–H and O–H groups in total. The first-order valence-corrected chi connectivity index (χ1v) is 16.7. The minimum Gasteiger partial charge on any atom is -0.0915 e. The molecule has 0 unspecified atom stereocenters. The molecule has 2 heteroatoms. The maximum absolute atomic E-state index is 2.56. The Labute approximate surface area is 167 Å². The maximum Gasteiger partial charge on any atom is 0.0857 e. The molecule has 1 aliphatic rings. The lowest BCUT2D eigenvalue weighted by atomic mass is 9.94. The summed E-state index contributed by atoms with van der Waals surface area (Å²) in [5.41, 5.74) is 9.77. The van der Waals surface area contributed by atoms with Gasteiger partial charge in [-0.2, -0.15) is 0 Å². The van der Waals surface area contributed by atoms with Crippen LogP contribution in [-0.2, 0) is 0 Å². The van der Waals surface area contributed by atoms with Crippen LogP contribution in [-0.4, -0.2) is 16.1 Å². The average Bonchev–Trinajstić information content (AvgIpc) is 2.90. The molecule has 0 aliphatic carbocycles. The zero-order valence-corrected chi connectivity index (χ0v) is 19.6. The molecule has 1 aliphatic heterocycles. The van der Waals surface area contributed by atoms with Crippen LogP contribution in [0.2, 0.25) is 38.8 Å². The van der Waals surface area contributed by atoms with Gasteiger partial charge in [0.2, 0.25) is 0 Å². The number of rotatable bonds is 4. The van der Waals surface area contributed by atoms with E-state index >= 15 is 0 Å². The van der Waals surface area contributed by atoms with Crippen molar-refractivity contribution < 1.29 is 0 Å². The summed E-state index contributed by atoms with van der Waals surface area (Å²) in [7, 11) is -2.78. The standard InChI is InChI=1S/C25H32Si2/c1-20(18-26(2,3)4)25(22-15-11-8-12-16-22)23-17-24(27(5,6)19-23)21-13-9-7-10-14-21/h7-18H,19H2,1-6H3/b20-18+,25-23-. The molecule has 0 amide bonds. The molecule has 0 atom stereocenters. The highest BCUT2D eigenvalue weighted by atomic mass is 28.3. The van der Waals surface area contributed by atoms with Crippen LogP contribution in [0.1, 0.15) is 18.1 Å². The fourth-order valence-corrected chi connectivity index (χ4v) is 8.62. The molecule has 0 saturated carbocycles. The van der Waals surface area contributed by atoms with Crippen LogP contribution < -0.4 is 0 Å². The van der Waals surface area contributed by atoms with E-state index in [-0.39, 0.29) is 0 Å². The topological polar surface area (TPSA) is 0 Å². The van der Waals surface area contributed by atoms with Crippen LogP contribution in [0.15, 0.2) is 83.6 Å². The summed E-state index contributed by atoms with van der Waals surface area (Å²) in [6.07, 6.45) is 2.52. The van der Waals surface area contributed by atoms with Crippen molar-refractivity contribution in [3.05, 3.63) is 94.7 Å². The van der Waals surface area contributed by atoms with Crippen LogP contribution >= 0.6 is 0 Å². The lowest BCUT2D eigenvalue weighted by Gasteiger charge is -2.21. The highest BCUT2D eigenvalue weighted by molar-refractivity contribution is 6.96. The smallest absolute Gasteiger partial charge is 0.0857 e. The monoisotopic (exact) mass is 388 g/mol. The van der Waals surface area contributed by atoms with Crippen molar-refractivity contribution >= 4 is 26.9 Å². The lowest BCUT2D eigenvalue weighted by molar-refractivity contribution is 1.41. The maximum atomic E-state index is 2.56. The van der Waals surface area contributed by atoms with E-state index in [4.69, 9.17) is 0 Å². The van der Waals surface area contributed by atoms with E-state index in [2.05, 4.69) is 112 Å². The van der Waals surface area contributed by atoms with Crippen molar-refractivity contribution in [2.75, 3.05) is 0 Å². The first kappa shape index (κ1) is 19.8. The van der Waals surface area contributed by atoms with E-state index < -0.39 is 16.1 Å². The predicted molar refractivity (Wildman–Crippen MR) is 127 cm³/mol. The Morgan fingerprint density at radius 1 is 0.889 bits per heavy atom. The Hall–Kier alpha value is -1.91. The number of allylic oxidation sites excluding steroid dienone is 4. The highest BCUT2D eigenvalue weighted by Crippen LogP contribution is 2.43. The van der Waals surface area contributed by atoms with Gasteiger partial charge in [-0.25, -0.2) is 0 Å². The van der Waals surface area contributed by atoms with Crippen LogP contribution in [0.5, 0.6) is 0 Å². The van der Waals surface area contributed by atoms with Gasteiger partial charge >= 0.3 is 0 Å². The summed E-state index contributed by atoms with van der Waals surface area (Å²) in [5.74, 6) is 0. The van der Waals surface area contributed by atoms with Crippen molar-refractivity contribution in [1.29, 1.82) is 0 Å². The van der Waals surface area contributed by atoms with Crippen molar-refractivity contribution in [2.24, 2.45) is 0 Å². The van der Waals surface area contributed by atoms with E-state index in [0.717, 1.165) is 0 Å². The average molecular weight is 389 g/mol. The SMILES string of the molecule is CC(=C\[Si](C)(C)C)/C(=C1\C=C(c2ccccc2)[Si](C)(C)C1)c1ccccc1. The molecule has 0 spiro atoms. The molecule has 0 nitrogen and oxygen atoms in total. The van der Waals surface area contributed by atoms with Crippen molar-refractivity contribution in [3.63, 3.8) is 0 Å². The molecule has 27 heavy (non-hydrogen) atoms. The van der Waals surface area contributed by atoms with Gasteiger partial charge in [0, 0.05) is 0 Å². The second-order valence-corrected chi connectivity index (χ2v) is 19.1. The van der Waals surface area contributed by atoms with Crippen LogP contribution in [0.25, 0.3) is 10.8 Å². The molecule has 0 radical (unpaired) electrons. The van der Waals surface area contributed by atoms with Gasteiger partial charge in [-0.15, -0.1) is 0 Å². The third-order valence-corrected chi connectivity index (χ3v) is 9.65. The van der Waals surface area contributed by atoms with E-state index in [9.17, 15) is 0 Å². The Kier molecular flexibility index (Phi) is 5.59. The zero-order chi connectivity index (χ0) is 19.7. The lowest BCUT2D eigenvalue weighted by Crippen LogP contribution is -2.24. The van der Waals surface area contributed by atoms with E-state index in [1.165, 1.54) is 33.9 Å². The number of hydrogen-bond donors (Lipinski definition) is 0. The summed E-state index contributed by atoms with van der Waals surface area (Å²) < 4.78 is 0. The highest BCUT2D eigenvalue weighted by Gasteiger charge is 2.34. The molecule has 0 saturated heterocycles. The molecule has 2 aromatic carbocycles. The molecule has 3 rings (SSSR count). The molecular weight excluding hydrogens is 356 g/mol.